The summed E-state index contributed by atoms with van der Waals surface area (Å²) in [7, 11) is 1.60. The average Bonchev–Trinajstić information content (AvgIpc) is 3.03. The Bertz CT molecular complexity index is 877. The number of nitrogens with zero attached hydrogens (tertiary/aromatic N) is 4. The lowest BCUT2D eigenvalue weighted by Gasteiger charge is -2.32. The Labute approximate surface area is 153 Å². The minimum Gasteiger partial charge on any atom is -0.369 e. The van der Waals surface area contributed by atoms with Gasteiger partial charge in [-0.05, 0) is 18.9 Å². The highest BCUT2D eigenvalue weighted by molar-refractivity contribution is 7.13. The molecule has 2 aromatic heterocycles. The van der Waals surface area contributed by atoms with Crippen molar-refractivity contribution in [2.45, 2.75) is 19.3 Å². The minimum absolute atomic E-state index is 0.0575. The van der Waals surface area contributed by atoms with Gasteiger partial charge in [0.25, 0.3) is 5.56 Å². The molecule has 1 aliphatic rings. The quantitative estimate of drug-likeness (QED) is 0.764. The number of hydrogen-bond donors (Lipinski definition) is 2. The molecule has 9 nitrogen and oxygen atoms in total. The molecule has 1 saturated heterocycles. The first-order chi connectivity index (χ1) is 12.4. The third kappa shape index (κ3) is 4.26. The standard InChI is InChI=1S/C16H20N6O3S/c1-21-14(24)5-4-13(20-21)22-6-2-3-10(8-22)15(25)19-16-18-11(9-26-16)7-12(17)23/h4-5,9-10H,2-3,6-8H2,1H3,(H2,17,23)(H,18,19,25). The van der Waals surface area contributed by atoms with Gasteiger partial charge in [-0.2, -0.15) is 5.10 Å². The molecule has 3 rings (SSSR count). The lowest BCUT2D eigenvalue weighted by atomic mass is 9.97. The van der Waals surface area contributed by atoms with E-state index in [-0.39, 0.29) is 23.8 Å². The highest BCUT2D eigenvalue weighted by Gasteiger charge is 2.27. The summed E-state index contributed by atoms with van der Waals surface area (Å²) in [6.45, 7) is 1.31. The van der Waals surface area contributed by atoms with E-state index in [9.17, 15) is 14.4 Å². The van der Waals surface area contributed by atoms with Gasteiger partial charge in [-0.15, -0.1) is 11.3 Å². The summed E-state index contributed by atoms with van der Waals surface area (Å²) >= 11 is 1.27. The number of thiazole rings is 1. The zero-order valence-electron chi connectivity index (χ0n) is 14.3. The molecule has 26 heavy (non-hydrogen) atoms. The lowest BCUT2D eigenvalue weighted by molar-refractivity contribution is -0.120. The van der Waals surface area contributed by atoms with Crippen LogP contribution in [-0.2, 0) is 23.1 Å². The zero-order chi connectivity index (χ0) is 18.7. The second-order valence-corrected chi connectivity index (χ2v) is 7.07. The fourth-order valence-corrected chi connectivity index (χ4v) is 3.60. The Morgan fingerprint density at radius 3 is 2.96 bits per heavy atom. The van der Waals surface area contributed by atoms with Crippen molar-refractivity contribution in [3.05, 3.63) is 33.6 Å². The molecule has 2 aromatic rings. The van der Waals surface area contributed by atoms with Gasteiger partial charge in [0.15, 0.2) is 5.13 Å². The van der Waals surface area contributed by atoms with Crippen molar-refractivity contribution >= 4 is 34.1 Å². The van der Waals surface area contributed by atoms with Crippen molar-refractivity contribution in [3.8, 4) is 0 Å². The number of primary amides is 1. The van der Waals surface area contributed by atoms with Crippen molar-refractivity contribution in [1.29, 1.82) is 0 Å². The molecule has 10 heteroatoms. The smallest absolute Gasteiger partial charge is 0.266 e. The summed E-state index contributed by atoms with van der Waals surface area (Å²) in [5.41, 5.74) is 5.53. The van der Waals surface area contributed by atoms with E-state index in [1.807, 2.05) is 4.90 Å². The number of carbonyl (C=O) groups excluding carboxylic acids is 2. The van der Waals surface area contributed by atoms with E-state index in [2.05, 4.69) is 15.4 Å². The molecule has 1 unspecified atom stereocenters. The van der Waals surface area contributed by atoms with Crippen LogP contribution >= 0.6 is 11.3 Å². The number of aromatic nitrogens is 3. The van der Waals surface area contributed by atoms with Gasteiger partial charge in [-0.25, -0.2) is 9.67 Å². The number of anilines is 2. The Morgan fingerprint density at radius 2 is 2.23 bits per heavy atom. The Balaban J connectivity index is 1.64. The largest absolute Gasteiger partial charge is 0.369 e. The van der Waals surface area contributed by atoms with Crippen molar-refractivity contribution in [3.63, 3.8) is 0 Å². The molecule has 2 amide bonds. The highest BCUT2D eigenvalue weighted by atomic mass is 32.1. The van der Waals surface area contributed by atoms with Crippen LogP contribution in [-0.4, -0.2) is 39.7 Å². The van der Waals surface area contributed by atoms with E-state index in [4.69, 9.17) is 5.73 Å². The van der Waals surface area contributed by atoms with Crippen LogP contribution in [0, 0.1) is 5.92 Å². The fourth-order valence-electron chi connectivity index (χ4n) is 2.89. The van der Waals surface area contributed by atoms with Crippen LogP contribution in [0.25, 0.3) is 0 Å². The van der Waals surface area contributed by atoms with Crippen LogP contribution < -0.4 is 21.5 Å². The first kappa shape index (κ1) is 18.1. The molecule has 138 valence electrons. The number of piperidine rings is 1. The number of amides is 2. The maximum Gasteiger partial charge on any atom is 0.266 e. The van der Waals surface area contributed by atoms with Crippen LogP contribution in [0.2, 0.25) is 0 Å². The SMILES string of the molecule is Cn1nc(N2CCCC(C(=O)Nc3nc(CC(N)=O)cs3)C2)ccc1=O. The van der Waals surface area contributed by atoms with Crippen LogP contribution in [0.4, 0.5) is 10.9 Å². The average molecular weight is 376 g/mol. The summed E-state index contributed by atoms with van der Waals surface area (Å²) < 4.78 is 1.29. The predicted molar refractivity (Wildman–Crippen MR) is 98.1 cm³/mol. The molecule has 0 spiro atoms. The zero-order valence-corrected chi connectivity index (χ0v) is 15.2. The first-order valence-corrected chi connectivity index (χ1v) is 9.13. The van der Waals surface area contributed by atoms with Crippen molar-refractivity contribution in [1.82, 2.24) is 14.8 Å². The van der Waals surface area contributed by atoms with E-state index in [1.54, 1.807) is 18.5 Å². The number of carbonyl (C=O) groups is 2. The monoisotopic (exact) mass is 376 g/mol. The number of aryl methyl sites for hydroxylation is 1. The maximum absolute atomic E-state index is 12.6. The predicted octanol–water partition coefficient (Wildman–Crippen LogP) is 0.120. The summed E-state index contributed by atoms with van der Waals surface area (Å²) in [6.07, 6.45) is 1.68. The number of nitrogens with two attached hydrogens (primary N) is 1. The third-order valence-corrected chi connectivity index (χ3v) is 5.01. The molecule has 1 atom stereocenters. The van der Waals surface area contributed by atoms with Crippen molar-refractivity contribution in [2.75, 3.05) is 23.3 Å². The number of rotatable bonds is 5. The highest BCUT2D eigenvalue weighted by Crippen LogP contribution is 2.23. The van der Waals surface area contributed by atoms with Crippen LogP contribution in [0.5, 0.6) is 0 Å². The molecule has 0 aromatic carbocycles. The van der Waals surface area contributed by atoms with Crippen LogP contribution in [0.15, 0.2) is 22.3 Å². The Hall–Kier alpha value is -2.75. The molecule has 1 aliphatic heterocycles. The van der Waals surface area contributed by atoms with E-state index in [0.29, 0.717) is 23.2 Å². The van der Waals surface area contributed by atoms with Gasteiger partial charge in [0.2, 0.25) is 11.8 Å². The summed E-state index contributed by atoms with van der Waals surface area (Å²) in [6, 6.07) is 3.15. The van der Waals surface area contributed by atoms with Gasteiger partial charge in [-0.1, -0.05) is 0 Å². The fraction of sp³-hybridized carbons (Fsp3) is 0.438. The van der Waals surface area contributed by atoms with Gasteiger partial charge >= 0.3 is 0 Å². The van der Waals surface area contributed by atoms with Crippen molar-refractivity contribution < 1.29 is 9.59 Å². The summed E-state index contributed by atoms with van der Waals surface area (Å²) in [4.78, 5) is 41.2. The first-order valence-electron chi connectivity index (χ1n) is 8.25. The van der Waals surface area contributed by atoms with Gasteiger partial charge in [-0.3, -0.25) is 14.4 Å². The summed E-state index contributed by atoms with van der Waals surface area (Å²) in [5.74, 6) is -0.0887. The van der Waals surface area contributed by atoms with Crippen molar-refractivity contribution in [2.24, 2.45) is 18.7 Å². The second kappa shape index (κ2) is 7.65. The number of nitrogens with one attached hydrogen (secondary N) is 1. The number of hydrogen-bond acceptors (Lipinski definition) is 7. The third-order valence-electron chi connectivity index (χ3n) is 4.20. The maximum atomic E-state index is 12.6. The molecule has 0 bridgehead atoms. The Morgan fingerprint density at radius 1 is 1.42 bits per heavy atom. The molecular formula is C16H20N6O3S. The lowest BCUT2D eigenvalue weighted by Crippen LogP contribution is -2.41. The molecule has 0 aliphatic carbocycles. The van der Waals surface area contributed by atoms with Gasteiger partial charge in [0.1, 0.15) is 5.82 Å². The molecule has 0 saturated carbocycles. The normalized spacial score (nSPS) is 17.1. The molecule has 1 fully saturated rings. The van der Waals surface area contributed by atoms with E-state index in [0.717, 1.165) is 19.4 Å². The van der Waals surface area contributed by atoms with Crippen LogP contribution in [0.1, 0.15) is 18.5 Å². The minimum atomic E-state index is -0.458. The van der Waals surface area contributed by atoms with Crippen LogP contribution in [0.3, 0.4) is 0 Å². The van der Waals surface area contributed by atoms with E-state index < -0.39 is 5.91 Å². The molecular weight excluding hydrogens is 356 g/mol. The van der Waals surface area contributed by atoms with E-state index >= 15 is 0 Å². The molecule has 3 N–H and O–H groups in total. The van der Waals surface area contributed by atoms with Gasteiger partial charge in [0.05, 0.1) is 18.0 Å². The molecule has 0 radical (unpaired) electrons. The second-order valence-electron chi connectivity index (χ2n) is 6.21. The summed E-state index contributed by atoms with van der Waals surface area (Å²) in [5, 5.41) is 9.23. The Kier molecular flexibility index (Phi) is 5.31. The molecule has 3 heterocycles. The topological polar surface area (TPSA) is 123 Å². The van der Waals surface area contributed by atoms with Gasteiger partial charge < -0.3 is 16.0 Å². The van der Waals surface area contributed by atoms with E-state index in [1.165, 1.54) is 22.1 Å². The van der Waals surface area contributed by atoms with Gasteiger partial charge in [0, 0.05) is 31.6 Å².